The molecule has 0 atom stereocenters. The maximum atomic E-state index is 5.78. The second kappa shape index (κ2) is 4.26. The quantitative estimate of drug-likeness (QED) is 0.702. The molecule has 7 heteroatoms. The van der Waals surface area contributed by atoms with E-state index in [0.29, 0.717) is 23.3 Å². The van der Waals surface area contributed by atoms with Gasteiger partial charge in [0.25, 0.3) is 0 Å². The molecule has 2 aromatic heterocycles. The van der Waals surface area contributed by atoms with Crippen LogP contribution in [0, 0.1) is 6.92 Å². The monoisotopic (exact) mass is 261 g/mol. The van der Waals surface area contributed by atoms with Gasteiger partial charge in [-0.25, -0.2) is 9.61 Å². The molecule has 0 aliphatic carbocycles. The van der Waals surface area contributed by atoms with Crippen LogP contribution in [0.4, 0.5) is 11.4 Å². The van der Waals surface area contributed by atoms with Gasteiger partial charge in [-0.1, -0.05) is 0 Å². The average molecular weight is 261 g/mol. The van der Waals surface area contributed by atoms with Crippen LogP contribution in [0.1, 0.15) is 10.7 Å². The average Bonchev–Trinajstić information content (AvgIpc) is 2.98. The molecule has 0 saturated carbocycles. The molecular weight excluding hydrogens is 250 g/mol. The van der Waals surface area contributed by atoms with Crippen molar-refractivity contribution in [1.29, 1.82) is 0 Å². The highest BCUT2D eigenvalue weighted by atomic mass is 32.1. The van der Waals surface area contributed by atoms with E-state index in [1.807, 2.05) is 18.4 Å². The van der Waals surface area contributed by atoms with Crippen LogP contribution in [0.3, 0.4) is 0 Å². The summed E-state index contributed by atoms with van der Waals surface area (Å²) >= 11 is 1.63. The van der Waals surface area contributed by atoms with Crippen molar-refractivity contribution in [2.75, 3.05) is 11.1 Å². The van der Waals surface area contributed by atoms with Gasteiger partial charge in [-0.15, -0.1) is 11.3 Å². The van der Waals surface area contributed by atoms with Crippen LogP contribution in [0.25, 0.3) is 11.0 Å². The van der Waals surface area contributed by atoms with Crippen molar-refractivity contribution in [3.05, 3.63) is 28.2 Å². The molecule has 1 aromatic carbocycles. The van der Waals surface area contributed by atoms with Gasteiger partial charge in [0.15, 0.2) is 11.0 Å². The van der Waals surface area contributed by atoms with Gasteiger partial charge in [-0.2, -0.15) is 0 Å². The van der Waals surface area contributed by atoms with Crippen LogP contribution in [0.2, 0.25) is 0 Å². The number of anilines is 2. The number of aromatic nitrogens is 3. The Balaban J connectivity index is 1.86. The van der Waals surface area contributed by atoms with Crippen molar-refractivity contribution in [1.82, 2.24) is 15.3 Å². The summed E-state index contributed by atoms with van der Waals surface area (Å²) in [6.45, 7) is 2.62. The number of nitrogens with zero attached hydrogens (tertiary/aromatic N) is 3. The van der Waals surface area contributed by atoms with E-state index in [1.165, 1.54) is 0 Å². The molecule has 0 fully saturated rings. The molecule has 0 radical (unpaired) electrons. The Hall–Kier alpha value is -2.15. The highest BCUT2D eigenvalue weighted by Crippen LogP contribution is 2.25. The molecule has 0 amide bonds. The molecule has 92 valence electrons. The van der Waals surface area contributed by atoms with E-state index in [4.69, 9.17) is 10.4 Å². The topological polar surface area (TPSA) is 89.9 Å². The molecule has 2 heterocycles. The maximum absolute atomic E-state index is 5.78. The van der Waals surface area contributed by atoms with Crippen molar-refractivity contribution >= 4 is 33.7 Å². The fourth-order valence-corrected chi connectivity index (χ4v) is 2.32. The highest BCUT2D eigenvalue weighted by Gasteiger charge is 2.10. The number of fused-ring (bicyclic) bond motifs is 1. The van der Waals surface area contributed by atoms with E-state index >= 15 is 0 Å². The molecule has 3 rings (SSSR count). The Morgan fingerprint density at radius 2 is 2.17 bits per heavy atom. The van der Waals surface area contributed by atoms with E-state index in [0.717, 1.165) is 16.4 Å². The number of thiazole rings is 1. The lowest BCUT2D eigenvalue weighted by Crippen LogP contribution is -2.01. The van der Waals surface area contributed by atoms with E-state index in [2.05, 4.69) is 20.6 Å². The van der Waals surface area contributed by atoms with Crippen LogP contribution in [-0.4, -0.2) is 15.3 Å². The van der Waals surface area contributed by atoms with E-state index < -0.39 is 0 Å². The molecule has 6 nitrogen and oxygen atoms in total. The first-order valence-electron chi connectivity index (χ1n) is 5.39. The summed E-state index contributed by atoms with van der Waals surface area (Å²) in [5.74, 6) is 0. The van der Waals surface area contributed by atoms with Gasteiger partial charge in [0.1, 0.15) is 0 Å². The van der Waals surface area contributed by atoms with Gasteiger partial charge < -0.3 is 11.1 Å². The van der Waals surface area contributed by atoms with Crippen LogP contribution in [0.15, 0.2) is 22.1 Å². The summed E-state index contributed by atoms with van der Waals surface area (Å²) < 4.78 is 4.71. The summed E-state index contributed by atoms with van der Waals surface area (Å²) in [4.78, 5) is 4.38. The third-order valence-electron chi connectivity index (χ3n) is 2.57. The number of hydrogen-bond acceptors (Lipinski definition) is 7. The zero-order valence-electron chi connectivity index (χ0n) is 9.67. The van der Waals surface area contributed by atoms with Gasteiger partial charge in [-0.3, -0.25) is 0 Å². The number of hydrogen-bond donors (Lipinski definition) is 2. The van der Waals surface area contributed by atoms with E-state index in [9.17, 15) is 0 Å². The summed E-state index contributed by atoms with van der Waals surface area (Å²) in [7, 11) is 0. The second-order valence-electron chi connectivity index (χ2n) is 3.88. The normalized spacial score (nSPS) is 10.9. The number of benzene rings is 1. The Labute approximate surface area is 107 Å². The van der Waals surface area contributed by atoms with Gasteiger partial charge in [0, 0.05) is 5.38 Å². The second-order valence-corrected chi connectivity index (χ2v) is 4.94. The minimum absolute atomic E-state index is 0.557. The van der Waals surface area contributed by atoms with Crippen LogP contribution >= 0.6 is 11.3 Å². The molecular formula is C11H11N5OS. The molecule has 0 unspecified atom stereocenters. The van der Waals surface area contributed by atoms with E-state index in [-0.39, 0.29) is 0 Å². The maximum Gasteiger partial charge on any atom is 0.160 e. The summed E-state index contributed by atoms with van der Waals surface area (Å²) in [6, 6.07) is 3.64. The zero-order valence-corrected chi connectivity index (χ0v) is 10.5. The minimum Gasteiger partial charge on any atom is -0.397 e. The third kappa shape index (κ3) is 1.88. The molecule has 3 N–H and O–H groups in total. The van der Waals surface area contributed by atoms with Crippen molar-refractivity contribution in [2.45, 2.75) is 13.5 Å². The minimum atomic E-state index is 0.557. The smallest absolute Gasteiger partial charge is 0.160 e. The lowest BCUT2D eigenvalue weighted by Gasteiger charge is -2.04. The van der Waals surface area contributed by atoms with Crippen LogP contribution in [-0.2, 0) is 6.54 Å². The largest absolute Gasteiger partial charge is 0.397 e. The molecule has 3 aromatic rings. The zero-order chi connectivity index (χ0) is 12.5. The number of aryl methyl sites for hydroxylation is 1. The first kappa shape index (κ1) is 11.0. The SMILES string of the molecule is Cc1nc(CNc2ccc(N)c3nonc23)cs1. The standard InChI is InChI=1S/C11H11N5OS/c1-6-14-7(5-18-6)4-13-9-3-2-8(12)10-11(9)16-17-15-10/h2-3,5,13H,4,12H2,1H3. The first-order chi connectivity index (χ1) is 8.74. The van der Waals surface area contributed by atoms with Crippen LogP contribution in [0.5, 0.6) is 0 Å². The van der Waals surface area contributed by atoms with Gasteiger partial charge >= 0.3 is 0 Å². The van der Waals surface area contributed by atoms with Gasteiger partial charge in [0.2, 0.25) is 0 Å². The Morgan fingerprint density at radius 3 is 2.94 bits per heavy atom. The fourth-order valence-electron chi connectivity index (χ4n) is 1.70. The predicted octanol–water partition coefficient (Wildman–Crippen LogP) is 2.18. The Bertz CT molecular complexity index is 690. The molecule has 0 aliphatic rings. The number of nitrogens with two attached hydrogens (primary N) is 1. The van der Waals surface area contributed by atoms with Gasteiger partial charge in [0.05, 0.1) is 28.6 Å². The van der Waals surface area contributed by atoms with Gasteiger partial charge in [-0.05, 0) is 29.4 Å². The predicted molar refractivity (Wildman–Crippen MR) is 70.4 cm³/mol. The summed E-state index contributed by atoms with van der Waals surface area (Å²) in [6.07, 6.45) is 0. The summed E-state index contributed by atoms with van der Waals surface area (Å²) in [5, 5.41) is 14.0. The van der Waals surface area contributed by atoms with Crippen LogP contribution < -0.4 is 11.1 Å². The Kier molecular flexibility index (Phi) is 2.60. The third-order valence-corrected chi connectivity index (χ3v) is 3.40. The molecule has 0 saturated heterocycles. The van der Waals surface area contributed by atoms with Crippen molar-refractivity contribution in [3.8, 4) is 0 Å². The number of nitrogens with one attached hydrogen (secondary N) is 1. The fraction of sp³-hybridized carbons (Fsp3) is 0.182. The lowest BCUT2D eigenvalue weighted by atomic mass is 10.2. The highest BCUT2D eigenvalue weighted by molar-refractivity contribution is 7.09. The first-order valence-corrected chi connectivity index (χ1v) is 6.27. The Morgan fingerprint density at radius 1 is 1.33 bits per heavy atom. The van der Waals surface area contributed by atoms with Crippen molar-refractivity contribution < 1.29 is 4.63 Å². The van der Waals surface area contributed by atoms with Crippen molar-refractivity contribution in [3.63, 3.8) is 0 Å². The molecule has 0 aliphatic heterocycles. The molecule has 0 spiro atoms. The number of nitrogen functional groups attached to an aromatic ring is 1. The molecule has 0 bridgehead atoms. The molecule has 18 heavy (non-hydrogen) atoms. The number of rotatable bonds is 3. The van der Waals surface area contributed by atoms with Crippen molar-refractivity contribution in [2.24, 2.45) is 0 Å². The lowest BCUT2D eigenvalue weighted by molar-refractivity contribution is 0.316. The van der Waals surface area contributed by atoms with E-state index in [1.54, 1.807) is 17.4 Å². The summed E-state index contributed by atoms with van der Waals surface area (Å²) in [5.41, 5.74) is 9.39.